The van der Waals surface area contributed by atoms with E-state index in [1.807, 2.05) is 6.92 Å². The monoisotopic (exact) mass is 238 g/mol. The van der Waals surface area contributed by atoms with Crippen molar-refractivity contribution in [3.05, 3.63) is 16.2 Å². The molecule has 2 heterocycles. The molecule has 84 valence electrons. The zero-order chi connectivity index (χ0) is 11.5. The first-order chi connectivity index (χ1) is 7.70. The molecule has 2 rings (SSSR count). The van der Waals surface area contributed by atoms with Crippen molar-refractivity contribution in [1.82, 2.24) is 20.4 Å². The number of rotatable bonds is 3. The number of thiazole rings is 1. The third kappa shape index (κ3) is 2.08. The molecule has 0 fully saturated rings. The molecule has 0 atom stereocenters. The Bertz CT molecular complexity index is 505. The molecule has 6 nitrogen and oxygen atoms in total. The maximum absolute atomic E-state index is 11.5. The molecule has 0 aliphatic heterocycles. The molecule has 16 heavy (non-hydrogen) atoms. The lowest BCUT2D eigenvalue weighted by Gasteiger charge is -1.95. The highest BCUT2D eigenvalue weighted by atomic mass is 32.1. The van der Waals surface area contributed by atoms with E-state index in [-0.39, 0.29) is 5.91 Å². The van der Waals surface area contributed by atoms with Gasteiger partial charge in [0.05, 0.1) is 0 Å². The van der Waals surface area contributed by atoms with Crippen LogP contribution < -0.4 is 5.32 Å². The lowest BCUT2D eigenvalue weighted by molar-refractivity contribution is 0.0955. The van der Waals surface area contributed by atoms with Crippen molar-refractivity contribution in [1.29, 1.82) is 0 Å². The fourth-order valence-corrected chi connectivity index (χ4v) is 1.82. The predicted octanol–water partition coefficient (Wildman–Crippen LogP) is 1.25. The van der Waals surface area contributed by atoms with E-state index in [0.29, 0.717) is 29.0 Å². The quantitative estimate of drug-likeness (QED) is 0.870. The van der Waals surface area contributed by atoms with E-state index in [1.165, 1.54) is 11.3 Å². The van der Waals surface area contributed by atoms with Crippen molar-refractivity contribution in [2.75, 3.05) is 6.54 Å². The van der Waals surface area contributed by atoms with Gasteiger partial charge in [0.15, 0.2) is 10.8 Å². The van der Waals surface area contributed by atoms with Gasteiger partial charge < -0.3 is 9.84 Å². The normalized spacial score (nSPS) is 10.4. The van der Waals surface area contributed by atoms with Crippen LogP contribution >= 0.6 is 11.3 Å². The number of nitrogens with zero attached hydrogens (tertiary/aromatic N) is 3. The summed E-state index contributed by atoms with van der Waals surface area (Å²) in [5.74, 6) is 0.696. The molecule has 0 spiro atoms. The highest BCUT2D eigenvalue weighted by molar-refractivity contribution is 7.12. The van der Waals surface area contributed by atoms with Gasteiger partial charge >= 0.3 is 0 Å². The summed E-state index contributed by atoms with van der Waals surface area (Å²) in [6.45, 7) is 4.16. The number of aromatic nitrogens is 3. The summed E-state index contributed by atoms with van der Waals surface area (Å²) >= 11 is 1.25. The standard InChI is InChI=1S/C9H10N4O2S/c1-3-10-7(14)9-12-6(4-16-9)8-11-5(2)13-15-8/h4H,3H2,1-2H3,(H,10,14). The van der Waals surface area contributed by atoms with Crippen LogP contribution in [0.5, 0.6) is 0 Å². The van der Waals surface area contributed by atoms with Crippen molar-refractivity contribution in [2.45, 2.75) is 13.8 Å². The molecule has 1 N–H and O–H groups in total. The first-order valence-corrected chi connectivity index (χ1v) is 5.63. The van der Waals surface area contributed by atoms with Crippen molar-refractivity contribution >= 4 is 17.2 Å². The van der Waals surface area contributed by atoms with Crippen LogP contribution in [0, 0.1) is 6.92 Å². The smallest absolute Gasteiger partial charge is 0.280 e. The minimum absolute atomic E-state index is 0.185. The molecule has 1 amide bonds. The Labute approximate surface area is 95.7 Å². The van der Waals surface area contributed by atoms with E-state index in [0.717, 1.165) is 0 Å². The second-order valence-electron chi connectivity index (χ2n) is 3.04. The van der Waals surface area contributed by atoms with Crippen molar-refractivity contribution in [2.24, 2.45) is 0 Å². The predicted molar refractivity (Wildman–Crippen MR) is 58.2 cm³/mol. The van der Waals surface area contributed by atoms with E-state index in [1.54, 1.807) is 12.3 Å². The van der Waals surface area contributed by atoms with Crippen molar-refractivity contribution in [3.63, 3.8) is 0 Å². The molecule has 0 saturated heterocycles. The van der Waals surface area contributed by atoms with Crippen LogP contribution in [-0.4, -0.2) is 27.6 Å². The van der Waals surface area contributed by atoms with Gasteiger partial charge in [-0.1, -0.05) is 5.16 Å². The minimum Gasteiger partial charge on any atom is -0.350 e. The minimum atomic E-state index is -0.185. The highest BCUT2D eigenvalue weighted by Crippen LogP contribution is 2.19. The Hall–Kier alpha value is -1.76. The molecule has 0 saturated carbocycles. The van der Waals surface area contributed by atoms with Crippen LogP contribution in [0.4, 0.5) is 0 Å². The number of carbonyl (C=O) groups excluding carboxylic acids is 1. The molecule has 0 aliphatic carbocycles. The van der Waals surface area contributed by atoms with E-state index in [9.17, 15) is 4.79 Å². The summed E-state index contributed by atoms with van der Waals surface area (Å²) in [4.78, 5) is 19.6. The van der Waals surface area contributed by atoms with E-state index in [2.05, 4.69) is 20.4 Å². The average molecular weight is 238 g/mol. The molecular weight excluding hydrogens is 228 g/mol. The van der Waals surface area contributed by atoms with Crippen LogP contribution in [0.3, 0.4) is 0 Å². The highest BCUT2D eigenvalue weighted by Gasteiger charge is 2.14. The Morgan fingerprint density at radius 1 is 1.56 bits per heavy atom. The van der Waals surface area contributed by atoms with Gasteiger partial charge in [0.2, 0.25) is 0 Å². The summed E-state index contributed by atoms with van der Waals surface area (Å²) in [6.07, 6.45) is 0. The molecule has 0 unspecified atom stereocenters. The average Bonchev–Trinajstić information content (AvgIpc) is 2.85. The topological polar surface area (TPSA) is 80.9 Å². The molecule has 2 aromatic heterocycles. The van der Waals surface area contributed by atoms with Gasteiger partial charge in [-0.05, 0) is 13.8 Å². The Morgan fingerprint density at radius 3 is 3.00 bits per heavy atom. The number of carbonyl (C=O) groups is 1. The number of hydrogen-bond acceptors (Lipinski definition) is 6. The fourth-order valence-electron chi connectivity index (χ4n) is 1.11. The van der Waals surface area contributed by atoms with Gasteiger partial charge in [0.25, 0.3) is 11.8 Å². The molecule has 7 heteroatoms. The lowest BCUT2D eigenvalue weighted by Crippen LogP contribution is -2.22. The lowest BCUT2D eigenvalue weighted by atomic mass is 10.5. The zero-order valence-corrected chi connectivity index (χ0v) is 9.67. The van der Waals surface area contributed by atoms with Gasteiger partial charge in [0.1, 0.15) is 5.69 Å². The van der Waals surface area contributed by atoms with Crippen LogP contribution in [0.15, 0.2) is 9.90 Å². The Morgan fingerprint density at radius 2 is 2.38 bits per heavy atom. The Kier molecular flexibility index (Phi) is 2.95. The van der Waals surface area contributed by atoms with Gasteiger partial charge in [-0.3, -0.25) is 4.79 Å². The van der Waals surface area contributed by atoms with E-state index in [4.69, 9.17) is 4.52 Å². The summed E-state index contributed by atoms with van der Waals surface area (Å²) < 4.78 is 4.95. The van der Waals surface area contributed by atoms with E-state index >= 15 is 0 Å². The summed E-state index contributed by atoms with van der Waals surface area (Å²) in [5.41, 5.74) is 0.534. The van der Waals surface area contributed by atoms with Crippen LogP contribution in [0.25, 0.3) is 11.6 Å². The number of hydrogen-bond donors (Lipinski definition) is 1. The summed E-state index contributed by atoms with van der Waals surface area (Å²) in [6, 6.07) is 0. The molecule has 0 aromatic carbocycles. The third-order valence-corrected chi connectivity index (χ3v) is 2.62. The number of amides is 1. The largest absolute Gasteiger partial charge is 0.350 e. The molecule has 0 radical (unpaired) electrons. The first kappa shape index (κ1) is 10.7. The van der Waals surface area contributed by atoms with Gasteiger partial charge in [0, 0.05) is 11.9 Å². The summed E-state index contributed by atoms with van der Waals surface area (Å²) in [7, 11) is 0. The molecule has 0 aliphatic rings. The second-order valence-corrected chi connectivity index (χ2v) is 3.90. The van der Waals surface area contributed by atoms with Gasteiger partial charge in [-0.25, -0.2) is 4.98 Å². The maximum atomic E-state index is 11.5. The summed E-state index contributed by atoms with van der Waals surface area (Å²) in [5, 5.41) is 8.45. The van der Waals surface area contributed by atoms with E-state index < -0.39 is 0 Å². The maximum Gasteiger partial charge on any atom is 0.280 e. The molecule has 0 bridgehead atoms. The second kappa shape index (κ2) is 4.40. The Balaban J connectivity index is 2.22. The van der Waals surface area contributed by atoms with Crippen LogP contribution in [-0.2, 0) is 0 Å². The van der Waals surface area contributed by atoms with Gasteiger partial charge in [-0.15, -0.1) is 11.3 Å². The van der Waals surface area contributed by atoms with Gasteiger partial charge in [-0.2, -0.15) is 4.98 Å². The van der Waals surface area contributed by atoms with Crippen LogP contribution in [0.1, 0.15) is 22.6 Å². The molecule has 2 aromatic rings. The van der Waals surface area contributed by atoms with Crippen molar-refractivity contribution in [3.8, 4) is 11.6 Å². The number of aryl methyl sites for hydroxylation is 1. The first-order valence-electron chi connectivity index (χ1n) is 4.75. The van der Waals surface area contributed by atoms with Crippen LogP contribution in [0.2, 0.25) is 0 Å². The fraction of sp³-hybridized carbons (Fsp3) is 0.333. The van der Waals surface area contributed by atoms with Crippen molar-refractivity contribution < 1.29 is 9.32 Å². The third-order valence-electron chi connectivity index (χ3n) is 1.78. The molecular formula is C9H10N4O2S. The number of nitrogens with one attached hydrogen (secondary N) is 1. The zero-order valence-electron chi connectivity index (χ0n) is 8.85. The SMILES string of the molecule is CCNC(=O)c1nc(-c2nc(C)no2)cs1.